The van der Waals surface area contributed by atoms with E-state index < -0.39 is 29.6 Å². The number of esters is 2. The number of halogens is 3. The molecule has 0 aromatic rings. The minimum Gasteiger partial charge on any atom is -0.465 e. The van der Waals surface area contributed by atoms with Crippen molar-refractivity contribution in [3.63, 3.8) is 0 Å². The van der Waals surface area contributed by atoms with E-state index in [0.717, 1.165) is 6.92 Å². The van der Waals surface area contributed by atoms with Crippen molar-refractivity contribution in [1.29, 1.82) is 0 Å². The van der Waals surface area contributed by atoms with Gasteiger partial charge in [0.05, 0.1) is 6.61 Å². The lowest BCUT2D eigenvalue weighted by atomic mass is 9.82. The van der Waals surface area contributed by atoms with E-state index in [1.54, 1.807) is 6.92 Å². The molecule has 4 nitrogen and oxygen atoms in total. The van der Waals surface area contributed by atoms with E-state index in [2.05, 4.69) is 4.74 Å². The number of hydrogen-bond acceptors (Lipinski definition) is 4. The molecule has 0 rings (SSSR count). The molecule has 0 spiro atoms. The van der Waals surface area contributed by atoms with E-state index in [-0.39, 0.29) is 19.4 Å². The molecule has 0 amide bonds. The Morgan fingerprint density at radius 1 is 1.05 bits per heavy atom. The van der Waals surface area contributed by atoms with Gasteiger partial charge in [-0.25, -0.2) is 0 Å². The van der Waals surface area contributed by atoms with Crippen LogP contribution in [-0.4, -0.2) is 30.8 Å². The fraction of sp³-hybridized carbons (Fsp3) is 0.846. The average molecular weight is 298 g/mol. The molecule has 0 bridgehead atoms. The van der Waals surface area contributed by atoms with E-state index in [0.29, 0.717) is 6.42 Å². The van der Waals surface area contributed by atoms with Gasteiger partial charge in [-0.1, -0.05) is 20.8 Å². The van der Waals surface area contributed by atoms with Crippen molar-refractivity contribution in [1.82, 2.24) is 0 Å². The average Bonchev–Trinajstić information content (AvgIpc) is 2.37. The zero-order valence-corrected chi connectivity index (χ0v) is 12.2. The van der Waals surface area contributed by atoms with Crippen LogP contribution in [0.4, 0.5) is 13.2 Å². The number of alkyl halides is 3. The summed E-state index contributed by atoms with van der Waals surface area (Å²) in [6.07, 6.45) is -6.31. The van der Waals surface area contributed by atoms with Gasteiger partial charge in [0.1, 0.15) is 0 Å². The fourth-order valence-electron chi connectivity index (χ4n) is 1.58. The third kappa shape index (κ3) is 4.38. The highest BCUT2D eigenvalue weighted by Gasteiger charge is 2.49. The van der Waals surface area contributed by atoms with Crippen LogP contribution >= 0.6 is 0 Å². The van der Waals surface area contributed by atoms with Crippen molar-refractivity contribution in [2.45, 2.75) is 59.2 Å². The molecule has 1 unspecified atom stereocenters. The molecule has 0 N–H and O–H groups in total. The fourth-order valence-corrected chi connectivity index (χ4v) is 1.58. The molecular weight excluding hydrogens is 277 g/mol. The molecule has 0 aliphatic rings. The number of ether oxygens (including phenoxy) is 2. The lowest BCUT2D eigenvalue weighted by Crippen LogP contribution is -2.44. The zero-order chi connectivity index (χ0) is 16.0. The Hall–Kier alpha value is -1.27. The predicted molar refractivity (Wildman–Crippen MR) is 65.9 cm³/mol. The SMILES string of the molecule is CCCOC(=O)C(CC)(CC)C(=O)OC(C)C(F)(F)F. The zero-order valence-electron chi connectivity index (χ0n) is 12.2. The van der Waals surface area contributed by atoms with Gasteiger partial charge in [0, 0.05) is 0 Å². The van der Waals surface area contributed by atoms with Gasteiger partial charge in [-0.3, -0.25) is 9.59 Å². The van der Waals surface area contributed by atoms with Crippen LogP contribution in [0.15, 0.2) is 0 Å². The lowest BCUT2D eigenvalue weighted by molar-refractivity contribution is -0.223. The molecular formula is C13H21F3O4. The van der Waals surface area contributed by atoms with Gasteiger partial charge in [0.2, 0.25) is 0 Å². The van der Waals surface area contributed by atoms with E-state index in [1.807, 2.05) is 0 Å². The molecule has 7 heteroatoms. The molecule has 0 aromatic carbocycles. The van der Waals surface area contributed by atoms with Gasteiger partial charge < -0.3 is 9.47 Å². The Balaban J connectivity index is 5.07. The Labute approximate surface area is 116 Å². The van der Waals surface area contributed by atoms with E-state index >= 15 is 0 Å². The van der Waals surface area contributed by atoms with Gasteiger partial charge in [-0.05, 0) is 26.2 Å². The van der Waals surface area contributed by atoms with E-state index in [1.165, 1.54) is 13.8 Å². The minimum absolute atomic E-state index is 0.0233. The summed E-state index contributed by atoms with van der Waals surface area (Å²) in [5, 5.41) is 0. The molecule has 118 valence electrons. The van der Waals surface area contributed by atoms with Gasteiger partial charge in [-0.15, -0.1) is 0 Å². The second-order valence-electron chi connectivity index (χ2n) is 4.51. The normalized spacial score (nSPS) is 13.8. The molecule has 20 heavy (non-hydrogen) atoms. The first kappa shape index (κ1) is 18.7. The quantitative estimate of drug-likeness (QED) is 0.535. The molecule has 0 heterocycles. The first-order valence-corrected chi connectivity index (χ1v) is 6.60. The first-order valence-electron chi connectivity index (χ1n) is 6.60. The standard InChI is InChI=1S/C13H21F3O4/c1-5-8-19-10(17)12(6-2,7-3)11(18)20-9(4)13(14,15)16/h9H,5-8H2,1-4H3. The topological polar surface area (TPSA) is 52.6 Å². The third-order valence-electron chi connectivity index (χ3n) is 3.17. The summed E-state index contributed by atoms with van der Waals surface area (Å²) in [4.78, 5) is 23.9. The van der Waals surface area contributed by atoms with Crippen molar-refractivity contribution in [3.05, 3.63) is 0 Å². The van der Waals surface area contributed by atoms with Crippen LogP contribution < -0.4 is 0 Å². The second-order valence-corrected chi connectivity index (χ2v) is 4.51. The predicted octanol–water partition coefficient (Wildman–Crippen LogP) is 3.24. The van der Waals surface area contributed by atoms with E-state index in [4.69, 9.17) is 4.74 Å². The Bertz CT molecular complexity index is 335. The van der Waals surface area contributed by atoms with Crippen molar-refractivity contribution in [2.75, 3.05) is 6.61 Å². The van der Waals surface area contributed by atoms with Crippen molar-refractivity contribution < 1.29 is 32.2 Å². The van der Waals surface area contributed by atoms with Crippen LogP contribution in [0.25, 0.3) is 0 Å². The summed E-state index contributed by atoms with van der Waals surface area (Å²) < 4.78 is 46.6. The first-order chi connectivity index (χ1) is 9.15. The number of carbonyl (C=O) groups excluding carboxylic acids is 2. The molecule has 0 aliphatic heterocycles. The van der Waals surface area contributed by atoms with Gasteiger partial charge >= 0.3 is 18.1 Å². The summed E-state index contributed by atoms with van der Waals surface area (Å²) in [5.41, 5.74) is -1.67. The van der Waals surface area contributed by atoms with Crippen LogP contribution in [0.5, 0.6) is 0 Å². The second kappa shape index (κ2) is 7.50. The largest absolute Gasteiger partial charge is 0.465 e. The Kier molecular flexibility index (Phi) is 7.02. The lowest BCUT2D eigenvalue weighted by Gasteiger charge is -2.28. The molecule has 0 aromatic heterocycles. The van der Waals surface area contributed by atoms with Crippen LogP contribution in [0.1, 0.15) is 47.0 Å². The molecule has 0 radical (unpaired) electrons. The maximum absolute atomic E-state index is 12.4. The summed E-state index contributed by atoms with van der Waals surface area (Å²) in [6.45, 7) is 5.69. The maximum Gasteiger partial charge on any atom is 0.425 e. The molecule has 0 saturated carbocycles. The summed E-state index contributed by atoms with van der Waals surface area (Å²) >= 11 is 0. The molecule has 0 aliphatic carbocycles. The summed E-state index contributed by atoms with van der Waals surface area (Å²) in [7, 11) is 0. The minimum atomic E-state index is -4.66. The number of rotatable bonds is 7. The molecule has 1 atom stereocenters. The van der Waals surface area contributed by atoms with Crippen molar-refractivity contribution >= 4 is 11.9 Å². The smallest absolute Gasteiger partial charge is 0.425 e. The molecule has 0 fully saturated rings. The highest BCUT2D eigenvalue weighted by Crippen LogP contribution is 2.32. The van der Waals surface area contributed by atoms with Gasteiger partial charge in [-0.2, -0.15) is 13.2 Å². The highest BCUT2D eigenvalue weighted by atomic mass is 19.4. The summed E-state index contributed by atoms with van der Waals surface area (Å²) in [6, 6.07) is 0. The monoisotopic (exact) mass is 298 g/mol. The van der Waals surface area contributed by atoms with Crippen molar-refractivity contribution in [3.8, 4) is 0 Å². The Morgan fingerprint density at radius 2 is 1.55 bits per heavy atom. The van der Waals surface area contributed by atoms with Crippen LogP contribution in [0.3, 0.4) is 0 Å². The van der Waals surface area contributed by atoms with Crippen LogP contribution in [-0.2, 0) is 19.1 Å². The van der Waals surface area contributed by atoms with Crippen LogP contribution in [0.2, 0.25) is 0 Å². The van der Waals surface area contributed by atoms with E-state index in [9.17, 15) is 22.8 Å². The van der Waals surface area contributed by atoms with Gasteiger partial charge in [0.15, 0.2) is 11.5 Å². The third-order valence-corrected chi connectivity index (χ3v) is 3.17. The Morgan fingerprint density at radius 3 is 1.90 bits per heavy atom. The number of hydrogen-bond donors (Lipinski definition) is 0. The van der Waals surface area contributed by atoms with Crippen LogP contribution in [0, 0.1) is 5.41 Å². The number of carbonyl (C=O) groups is 2. The molecule has 0 saturated heterocycles. The summed E-state index contributed by atoms with van der Waals surface area (Å²) in [5.74, 6) is -2.02. The van der Waals surface area contributed by atoms with Crippen molar-refractivity contribution in [2.24, 2.45) is 5.41 Å². The maximum atomic E-state index is 12.4. The highest BCUT2D eigenvalue weighted by molar-refractivity contribution is 6.00. The van der Waals surface area contributed by atoms with Gasteiger partial charge in [0.25, 0.3) is 0 Å².